The first-order chi connectivity index (χ1) is 9.06. The highest BCUT2D eigenvalue weighted by atomic mass is 16.3. The van der Waals surface area contributed by atoms with Crippen molar-refractivity contribution in [1.29, 1.82) is 0 Å². The highest BCUT2D eigenvalue weighted by molar-refractivity contribution is 6.03. The summed E-state index contributed by atoms with van der Waals surface area (Å²) in [5, 5.41) is 10.4. The van der Waals surface area contributed by atoms with E-state index in [0.29, 0.717) is 0 Å². The third-order valence-corrected chi connectivity index (χ3v) is 3.58. The number of hydrogen-bond acceptors (Lipinski definition) is 2. The number of hydrogen-bond donors (Lipinski definition) is 2. The molecule has 19 heavy (non-hydrogen) atoms. The number of aliphatic hydroxyl groups is 1. The van der Waals surface area contributed by atoms with Crippen LogP contribution in [0.3, 0.4) is 0 Å². The van der Waals surface area contributed by atoms with E-state index in [1.165, 1.54) is 0 Å². The van der Waals surface area contributed by atoms with Gasteiger partial charge < -0.3 is 15.0 Å². The minimum absolute atomic E-state index is 0.0535. The summed E-state index contributed by atoms with van der Waals surface area (Å²) in [7, 11) is 1.75. The summed E-state index contributed by atoms with van der Waals surface area (Å²) < 4.78 is 0. The van der Waals surface area contributed by atoms with Gasteiger partial charge in [0.25, 0.3) is 0 Å². The standard InChI is InChI=1S/C15H20N2O2/c1-10(2)12(9-18)15(19)17(3)14-8-16-13-7-5-4-6-11(13)14/h4-8,10,12,16,18H,9H2,1-3H3. The Labute approximate surface area is 113 Å². The van der Waals surface area contributed by atoms with E-state index in [0.717, 1.165) is 16.6 Å². The van der Waals surface area contributed by atoms with Crippen LogP contribution in [0.1, 0.15) is 13.8 Å². The number of carbonyl (C=O) groups excluding carboxylic acids is 1. The molecule has 4 nitrogen and oxygen atoms in total. The molecule has 1 aromatic heterocycles. The van der Waals surface area contributed by atoms with Crippen LogP contribution in [-0.4, -0.2) is 29.7 Å². The lowest BCUT2D eigenvalue weighted by molar-refractivity contribution is -0.124. The van der Waals surface area contributed by atoms with Gasteiger partial charge in [0.1, 0.15) is 0 Å². The van der Waals surface area contributed by atoms with E-state index in [2.05, 4.69) is 4.98 Å². The number of H-pyrrole nitrogens is 1. The maximum Gasteiger partial charge on any atom is 0.232 e. The first-order valence-corrected chi connectivity index (χ1v) is 6.50. The number of aromatic nitrogens is 1. The predicted octanol–water partition coefficient (Wildman–Crippen LogP) is 2.40. The molecule has 1 atom stereocenters. The van der Waals surface area contributed by atoms with Crippen LogP contribution in [0.2, 0.25) is 0 Å². The SMILES string of the molecule is CC(C)C(CO)C(=O)N(C)c1c[nH]c2ccccc12. The molecule has 2 rings (SSSR count). The molecular weight excluding hydrogens is 240 g/mol. The highest BCUT2D eigenvalue weighted by Gasteiger charge is 2.26. The van der Waals surface area contributed by atoms with Crippen LogP contribution in [0.4, 0.5) is 5.69 Å². The minimum Gasteiger partial charge on any atom is -0.396 e. The van der Waals surface area contributed by atoms with Gasteiger partial charge in [-0.1, -0.05) is 32.0 Å². The van der Waals surface area contributed by atoms with E-state index in [1.54, 1.807) is 11.9 Å². The maximum atomic E-state index is 12.4. The van der Waals surface area contributed by atoms with Crippen molar-refractivity contribution in [3.63, 3.8) is 0 Å². The van der Waals surface area contributed by atoms with Crippen LogP contribution in [0.15, 0.2) is 30.5 Å². The van der Waals surface area contributed by atoms with Gasteiger partial charge in [0, 0.05) is 24.1 Å². The van der Waals surface area contributed by atoms with Gasteiger partial charge in [-0.25, -0.2) is 0 Å². The van der Waals surface area contributed by atoms with Gasteiger partial charge in [-0.2, -0.15) is 0 Å². The summed E-state index contributed by atoms with van der Waals surface area (Å²) in [4.78, 5) is 17.2. The maximum absolute atomic E-state index is 12.4. The van der Waals surface area contributed by atoms with Crippen molar-refractivity contribution in [3.05, 3.63) is 30.5 Å². The number of rotatable bonds is 4. The molecule has 2 aromatic rings. The zero-order valence-electron chi connectivity index (χ0n) is 11.6. The van der Waals surface area contributed by atoms with Gasteiger partial charge in [-0.3, -0.25) is 4.79 Å². The van der Waals surface area contributed by atoms with Crippen molar-refractivity contribution in [2.45, 2.75) is 13.8 Å². The van der Waals surface area contributed by atoms with Crippen LogP contribution in [0, 0.1) is 11.8 Å². The summed E-state index contributed by atoms with van der Waals surface area (Å²) in [6.45, 7) is 3.77. The first-order valence-electron chi connectivity index (χ1n) is 6.50. The fourth-order valence-electron chi connectivity index (χ4n) is 2.28. The zero-order valence-corrected chi connectivity index (χ0v) is 11.6. The second kappa shape index (κ2) is 5.45. The van der Waals surface area contributed by atoms with Crippen LogP contribution >= 0.6 is 0 Å². The number of amides is 1. The number of anilines is 1. The normalized spacial score (nSPS) is 12.9. The van der Waals surface area contributed by atoms with Gasteiger partial charge in [-0.05, 0) is 12.0 Å². The first kappa shape index (κ1) is 13.6. The Bertz CT molecular complexity index is 574. The van der Waals surface area contributed by atoms with E-state index in [-0.39, 0.29) is 24.3 Å². The smallest absolute Gasteiger partial charge is 0.232 e. The summed E-state index contributed by atoms with van der Waals surface area (Å²) in [5.74, 6) is -0.300. The molecule has 1 heterocycles. The van der Waals surface area contributed by atoms with Crippen LogP contribution in [0.5, 0.6) is 0 Å². The van der Waals surface area contributed by atoms with E-state index in [9.17, 15) is 9.90 Å². The van der Waals surface area contributed by atoms with Gasteiger partial charge >= 0.3 is 0 Å². The number of fused-ring (bicyclic) bond motifs is 1. The van der Waals surface area contributed by atoms with E-state index in [1.807, 2.05) is 44.3 Å². The molecule has 1 unspecified atom stereocenters. The number of nitrogens with one attached hydrogen (secondary N) is 1. The lowest BCUT2D eigenvalue weighted by Crippen LogP contribution is -2.37. The molecule has 0 saturated carbocycles. The Kier molecular flexibility index (Phi) is 3.90. The molecule has 0 fully saturated rings. The average Bonchev–Trinajstić information content (AvgIpc) is 2.82. The molecule has 0 radical (unpaired) electrons. The molecule has 102 valence electrons. The monoisotopic (exact) mass is 260 g/mol. The van der Waals surface area contributed by atoms with Gasteiger partial charge in [-0.15, -0.1) is 0 Å². The Morgan fingerprint density at radius 2 is 2.05 bits per heavy atom. The predicted molar refractivity (Wildman–Crippen MR) is 77.1 cm³/mol. The molecule has 1 amide bonds. The molecule has 2 N–H and O–H groups in total. The summed E-state index contributed by atoms with van der Waals surface area (Å²) in [5.41, 5.74) is 1.85. The van der Waals surface area contributed by atoms with E-state index < -0.39 is 0 Å². The van der Waals surface area contributed by atoms with Gasteiger partial charge in [0.2, 0.25) is 5.91 Å². The second-order valence-corrected chi connectivity index (χ2v) is 5.15. The van der Waals surface area contributed by atoms with E-state index >= 15 is 0 Å². The molecule has 0 spiro atoms. The number of nitrogens with zero attached hydrogens (tertiary/aromatic N) is 1. The zero-order chi connectivity index (χ0) is 14.0. The number of aliphatic hydroxyl groups excluding tert-OH is 1. The Balaban J connectivity index is 2.33. The molecule has 1 aromatic carbocycles. The van der Waals surface area contributed by atoms with Crippen LogP contribution < -0.4 is 4.90 Å². The molecule has 0 aliphatic carbocycles. The third-order valence-electron chi connectivity index (χ3n) is 3.58. The average molecular weight is 260 g/mol. The number of carbonyl (C=O) groups is 1. The highest BCUT2D eigenvalue weighted by Crippen LogP contribution is 2.27. The number of benzene rings is 1. The summed E-state index contributed by atoms with van der Waals surface area (Å²) in [6, 6.07) is 7.86. The number of para-hydroxylation sites is 1. The fraction of sp³-hybridized carbons (Fsp3) is 0.400. The van der Waals surface area contributed by atoms with Crippen molar-refractivity contribution in [2.24, 2.45) is 11.8 Å². The van der Waals surface area contributed by atoms with Crippen LogP contribution in [0.25, 0.3) is 10.9 Å². The lowest BCUT2D eigenvalue weighted by Gasteiger charge is -2.24. The topological polar surface area (TPSA) is 56.3 Å². The molecule has 0 aliphatic rings. The number of aromatic amines is 1. The van der Waals surface area contributed by atoms with Gasteiger partial charge in [0.05, 0.1) is 18.2 Å². The van der Waals surface area contributed by atoms with Crippen molar-refractivity contribution in [2.75, 3.05) is 18.6 Å². The van der Waals surface area contributed by atoms with Gasteiger partial charge in [0.15, 0.2) is 0 Å². The Morgan fingerprint density at radius 3 is 2.68 bits per heavy atom. The molecular formula is C15H20N2O2. The summed E-state index contributed by atoms with van der Waals surface area (Å²) in [6.07, 6.45) is 1.83. The largest absolute Gasteiger partial charge is 0.396 e. The van der Waals surface area contributed by atoms with Crippen LogP contribution in [-0.2, 0) is 4.79 Å². The van der Waals surface area contributed by atoms with Crippen molar-refractivity contribution in [1.82, 2.24) is 4.98 Å². The lowest BCUT2D eigenvalue weighted by atomic mass is 9.95. The molecule has 0 saturated heterocycles. The van der Waals surface area contributed by atoms with Crippen molar-refractivity contribution < 1.29 is 9.90 Å². The Hall–Kier alpha value is -1.81. The van der Waals surface area contributed by atoms with E-state index in [4.69, 9.17) is 0 Å². The quantitative estimate of drug-likeness (QED) is 0.887. The fourth-order valence-corrected chi connectivity index (χ4v) is 2.28. The molecule has 4 heteroatoms. The minimum atomic E-state index is -0.362. The molecule has 0 aliphatic heterocycles. The summed E-state index contributed by atoms with van der Waals surface area (Å²) >= 11 is 0. The third kappa shape index (κ3) is 2.49. The molecule has 0 bridgehead atoms. The second-order valence-electron chi connectivity index (χ2n) is 5.15. The van der Waals surface area contributed by atoms with Crippen molar-refractivity contribution >= 4 is 22.5 Å². The van der Waals surface area contributed by atoms with Crippen molar-refractivity contribution in [3.8, 4) is 0 Å². The Morgan fingerprint density at radius 1 is 1.37 bits per heavy atom.